The van der Waals surface area contributed by atoms with E-state index in [1.807, 2.05) is 19.1 Å². The topological polar surface area (TPSA) is 65.5 Å². The van der Waals surface area contributed by atoms with E-state index in [0.717, 1.165) is 42.9 Å². The Morgan fingerprint density at radius 3 is 2.41 bits per heavy atom. The Bertz CT molecular complexity index is 847. The van der Waals surface area contributed by atoms with Crippen LogP contribution in [0.2, 0.25) is 0 Å². The van der Waals surface area contributed by atoms with Crippen LogP contribution in [0.4, 0.5) is 11.4 Å². The number of hydrogen-bond donors (Lipinski definition) is 1. The molecule has 0 spiro atoms. The van der Waals surface area contributed by atoms with Gasteiger partial charge in [0.25, 0.3) is 11.8 Å². The second-order valence-corrected chi connectivity index (χ2v) is 7.14. The normalized spacial score (nSPS) is 10.5. The second-order valence-electron chi connectivity index (χ2n) is 7.14. The molecule has 0 radical (unpaired) electrons. The number of carbonyl (C=O) groups is 2. The third-order valence-corrected chi connectivity index (χ3v) is 5.02. The van der Waals surface area contributed by atoms with Gasteiger partial charge in [-0.3, -0.25) is 14.6 Å². The number of hydrogen-bond acceptors (Lipinski definition) is 4. The fourth-order valence-corrected chi connectivity index (χ4v) is 3.15. The van der Waals surface area contributed by atoms with Crippen molar-refractivity contribution in [3.05, 3.63) is 53.3 Å². The highest BCUT2D eigenvalue weighted by Crippen LogP contribution is 2.23. The van der Waals surface area contributed by atoms with Gasteiger partial charge in [-0.2, -0.15) is 0 Å². The van der Waals surface area contributed by atoms with Gasteiger partial charge >= 0.3 is 0 Å². The molecule has 2 amide bonds. The van der Waals surface area contributed by atoms with E-state index in [0.29, 0.717) is 12.1 Å². The lowest BCUT2D eigenvalue weighted by molar-refractivity contribution is 0.0787. The summed E-state index contributed by atoms with van der Waals surface area (Å²) in [4.78, 5) is 33.3. The minimum atomic E-state index is -0.253. The van der Waals surface area contributed by atoms with Crippen LogP contribution in [-0.2, 0) is 0 Å². The molecule has 156 valence electrons. The van der Waals surface area contributed by atoms with Crippen LogP contribution in [0.5, 0.6) is 0 Å². The zero-order chi connectivity index (χ0) is 21.4. The van der Waals surface area contributed by atoms with Crippen molar-refractivity contribution in [2.24, 2.45) is 0 Å². The molecule has 0 bridgehead atoms. The van der Waals surface area contributed by atoms with Crippen molar-refractivity contribution >= 4 is 23.2 Å². The summed E-state index contributed by atoms with van der Waals surface area (Å²) in [5.41, 5.74) is 3.59. The number of unbranched alkanes of at least 4 members (excludes halogenated alkanes) is 1. The second kappa shape index (κ2) is 10.6. The van der Waals surface area contributed by atoms with E-state index in [2.05, 4.69) is 42.0 Å². The van der Waals surface area contributed by atoms with Crippen molar-refractivity contribution in [1.82, 2.24) is 9.88 Å². The molecule has 1 N–H and O–H groups in total. The molecule has 1 aromatic heterocycles. The number of anilines is 2. The molecule has 2 rings (SSSR count). The molecular formula is C23H32N4O2. The number of benzene rings is 1. The Morgan fingerprint density at radius 1 is 1.07 bits per heavy atom. The molecule has 0 fully saturated rings. The van der Waals surface area contributed by atoms with Gasteiger partial charge in [0.2, 0.25) is 0 Å². The third-order valence-electron chi connectivity index (χ3n) is 5.02. The van der Waals surface area contributed by atoms with E-state index >= 15 is 0 Å². The number of rotatable bonds is 9. The number of aryl methyl sites for hydroxylation is 1. The lowest BCUT2D eigenvalue weighted by Gasteiger charge is -2.22. The average molecular weight is 397 g/mol. The molecule has 2 aromatic rings. The Balaban J connectivity index is 2.14. The molecule has 1 heterocycles. The van der Waals surface area contributed by atoms with Crippen LogP contribution in [0.25, 0.3) is 0 Å². The zero-order valence-electron chi connectivity index (χ0n) is 18.2. The summed E-state index contributed by atoms with van der Waals surface area (Å²) in [6.45, 7) is 10.8. The first-order valence-electron chi connectivity index (χ1n) is 10.3. The first-order chi connectivity index (χ1) is 13.9. The maximum absolute atomic E-state index is 12.7. The van der Waals surface area contributed by atoms with Crippen LogP contribution in [0, 0.1) is 6.92 Å². The first kappa shape index (κ1) is 22.4. The Kier molecular flexibility index (Phi) is 8.19. The summed E-state index contributed by atoms with van der Waals surface area (Å²) in [5.74, 6) is -0.427. The monoisotopic (exact) mass is 396 g/mol. The van der Waals surface area contributed by atoms with Crippen molar-refractivity contribution in [2.75, 3.05) is 36.9 Å². The summed E-state index contributed by atoms with van der Waals surface area (Å²) in [5, 5.41) is 2.95. The van der Waals surface area contributed by atoms with Crippen LogP contribution in [0.3, 0.4) is 0 Å². The van der Waals surface area contributed by atoms with E-state index in [1.165, 1.54) is 6.20 Å². The molecule has 0 aliphatic rings. The largest absolute Gasteiger partial charge is 0.372 e. The highest BCUT2D eigenvalue weighted by atomic mass is 16.2. The Labute approximate surface area is 173 Å². The quantitative estimate of drug-likeness (QED) is 0.684. The molecular weight excluding hydrogens is 364 g/mol. The van der Waals surface area contributed by atoms with Gasteiger partial charge in [0.1, 0.15) is 5.69 Å². The van der Waals surface area contributed by atoms with Gasteiger partial charge in [0.05, 0.1) is 0 Å². The molecule has 1 aromatic carbocycles. The minimum absolute atomic E-state index is 0.173. The van der Waals surface area contributed by atoms with Crippen LogP contribution < -0.4 is 10.2 Å². The number of amides is 2. The van der Waals surface area contributed by atoms with Crippen molar-refractivity contribution in [3.63, 3.8) is 0 Å². The first-order valence-corrected chi connectivity index (χ1v) is 10.3. The smallest absolute Gasteiger partial charge is 0.272 e. The van der Waals surface area contributed by atoms with Crippen LogP contribution in [0.15, 0.2) is 36.5 Å². The van der Waals surface area contributed by atoms with Crippen molar-refractivity contribution < 1.29 is 9.59 Å². The Morgan fingerprint density at radius 2 is 1.79 bits per heavy atom. The summed E-state index contributed by atoms with van der Waals surface area (Å²) in [6, 6.07) is 9.19. The van der Waals surface area contributed by atoms with Crippen molar-refractivity contribution in [3.8, 4) is 0 Å². The van der Waals surface area contributed by atoms with Crippen molar-refractivity contribution in [1.29, 1.82) is 0 Å². The highest BCUT2D eigenvalue weighted by molar-refractivity contribution is 6.06. The predicted molar refractivity (Wildman–Crippen MR) is 119 cm³/mol. The number of nitrogens with one attached hydrogen (secondary N) is 1. The summed E-state index contributed by atoms with van der Waals surface area (Å²) in [6.07, 6.45) is 3.46. The van der Waals surface area contributed by atoms with Gasteiger partial charge in [-0.25, -0.2) is 0 Å². The van der Waals surface area contributed by atoms with Gasteiger partial charge < -0.3 is 15.1 Å². The van der Waals surface area contributed by atoms with Crippen LogP contribution in [0.1, 0.15) is 60.0 Å². The number of aromatic nitrogens is 1. The maximum atomic E-state index is 12.7. The fraction of sp³-hybridized carbons (Fsp3) is 0.435. The van der Waals surface area contributed by atoms with Gasteiger partial charge in [0.15, 0.2) is 0 Å². The van der Waals surface area contributed by atoms with Gasteiger partial charge in [-0.15, -0.1) is 0 Å². The lowest BCUT2D eigenvalue weighted by Crippen LogP contribution is -2.28. The fourth-order valence-electron chi connectivity index (χ4n) is 3.15. The lowest BCUT2D eigenvalue weighted by atomic mass is 10.1. The molecule has 6 heteroatoms. The molecule has 6 nitrogen and oxygen atoms in total. The zero-order valence-corrected chi connectivity index (χ0v) is 18.2. The van der Waals surface area contributed by atoms with E-state index in [9.17, 15) is 9.59 Å². The summed E-state index contributed by atoms with van der Waals surface area (Å²) >= 11 is 0. The molecule has 29 heavy (non-hydrogen) atoms. The number of pyridine rings is 1. The average Bonchev–Trinajstić information content (AvgIpc) is 2.74. The van der Waals surface area contributed by atoms with E-state index in [1.54, 1.807) is 24.1 Å². The molecule has 0 saturated carbocycles. The van der Waals surface area contributed by atoms with Gasteiger partial charge in [0, 0.05) is 49.8 Å². The number of carbonyl (C=O) groups excluding carboxylic acids is 2. The van der Waals surface area contributed by atoms with Gasteiger partial charge in [-0.1, -0.05) is 13.3 Å². The standard InChI is InChI=1S/C23H32N4O2/c1-6-9-14-26(5)23(29)21-16-18(12-13-24-21)22(28)25-20-11-10-19(15-17(20)4)27(7-2)8-3/h10-13,15-16H,6-9,14H2,1-5H3,(H,25,28). The maximum Gasteiger partial charge on any atom is 0.272 e. The number of nitrogens with zero attached hydrogens (tertiary/aromatic N) is 3. The molecule has 0 unspecified atom stereocenters. The minimum Gasteiger partial charge on any atom is -0.372 e. The Hall–Kier alpha value is -2.89. The molecule has 0 aliphatic heterocycles. The van der Waals surface area contributed by atoms with Gasteiger partial charge in [-0.05, 0) is 63.1 Å². The van der Waals surface area contributed by atoms with E-state index < -0.39 is 0 Å². The molecule has 0 atom stereocenters. The molecule has 0 aliphatic carbocycles. The van der Waals surface area contributed by atoms with E-state index in [4.69, 9.17) is 0 Å². The van der Waals surface area contributed by atoms with Crippen molar-refractivity contribution in [2.45, 2.75) is 40.5 Å². The van der Waals surface area contributed by atoms with Crippen LogP contribution in [-0.4, -0.2) is 48.4 Å². The summed E-state index contributed by atoms with van der Waals surface area (Å²) in [7, 11) is 1.76. The van der Waals surface area contributed by atoms with Crippen LogP contribution >= 0.6 is 0 Å². The predicted octanol–water partition coefficient (Wildman–Crippen LogP) is 4.36. The highest BCUT2D eigenvalue weighted by Gasteiger charge is 2.16. The van der Waals surface area contributed by atoms with E-state index in [-0.39, 0.29) is 17.5 Å². The third kappa shape index (κ3) is 5.79. The molecule has 0 saturated heterocycles. The summed E-state index contributed by atoms with van der Waals surface area (Å²) < 4.78 is 0. The SMILES string of the molecule is CCCCN(C)C(=O)c1cc(C(=O)Nc2ccc(N(CC)CC)cc2C)ccn1.